The number of hydrogen-bond donors (Lipinski definition) is 3. The highest BCUT2D eigenvalue weighted by molar-refractivity contribution is 5.96. The summed E-state index contributed by atoms with van der Waals surface area (Å²) < 4.78 is 18.0. The van der Waals surface area contributed by atoms with Crippen LogP contribution in [0.15, 0.2) is 18.2 Å². The summed E-state index contributed by atoms with van der Waals surface area (Å²) in [4.78, 5) is 22.4. The molecule has 4 N–H and O–H groups in total. The van der Waals surface area contributed by atoms with Gasteiger partial charge in [0.15, 0.2) is 0 Å². The van der Waals surface area contributed by atoms with E-state index in [1.165, 1.54) is 12.1 Å². The lowest BCUT2D eigenvalue weighted by molar-refractivity contribution is 0.0996. The van der Waals surface area contributed by atoms with Crippen molar-refractivity contribution in [2.24, 2.45) is 5.73 Å². The third-order valence-electron chi connectivity index (χ3n) is 2.30. The monoisotopic (exact) mass is 269 g/mol. The number of anilines is 1. The summed E-state index contributed by atoms with van der Waals surface area (Å²) in [6.45, 7) is 0.992. The van der Waals surface area contributed by atoms with Crippen molar-refractivity contribution >= 4 is 17.6 Å². The summed E-state index contributed by atoms with van der Waals surface area (Å²) in [6.07, 6.45) is 0.680. The first-order chi connectivity index (χ1) is 9.04. The zero-order chi connectivity index (χ0) is 14.3. The first-order valence-electron chi connectivity index (χ1n) is 5.67. The van der Waals surface area contributed by atoms with Crippen molar-refractivity contribution in [1.82, 2.24) is 5.32 Å². The lowest BCUT2D eigenvalue weighted by Crippen LogP contribution is -2.30. The normalized spacial score (nSPS) is 10.0. The smallest absolute Gasteiger partial charge is 0.319 e. The quantitative estimate of drug-likeness (QED) is 0.675. The standard InChI is InChI=1S/C12H16FN3O3/c1-19-6-2-5-15-12(18)16-8-3-4-10(13)9(7-8)11(14)17/h3-4,7H,2,5-6H2,1H3,(H2,14,17)(H2,15,16,18). The maximum Gasteiger partial charge on any atom is 0.319 e. The van der Waals surface area contributed by atoms with Gasteiger partial charge in [-0.2, -0.15) is 0 Å². The van der Waals surface area contributed by atoms with Crippen LogP contribution >= 0.6 is 0 Å². The molecule has 0 aliphatic rings. The number of carbonyl (C=O) groups excluding carboxylic acids is 2. The number of rotatable bonds is 6. The van der Waals surface area contributed by atoms with Crippen LogP contribution in [0.5, 0.6) is 0 Å². The molecule has 0 radical (unpaired) electrons. The highest BCUT2D eigenvalue weighted by Crippen LogP contribution is 2.14. The average molecular weight is 269 g/mol. The number of nitrogens with one attached hydrogen (secondary N) is 2. The third-order valence-corrected chi connectivity index (χ3v) is 2.30. The van der Waals surface area contributed by atoms with Gasteiger partial charge < -0.3 is 21.1 Å². The van der Waals surface area contributed by atoms with Crippen molar-refractivity contribution in [2.75, 3.05) is 25.6 Å². The lowest BCUT2D eigenvalue weighted by Gasteiger charge is -2.08. The van der Waals surface area contributed by atoms with Crippen molar-refractivity contribution in [3.8, 4) is 0 Å². The molecule has 0 saturated carbocycles. The first kappa shape index (κ1) is 14.9. The molecule has 1 aromatic rings. The summed E-state index contributed by atoms with van der Waals surface area (Å²) in [5.74, 6) is -1.61. The minimum absolute atomic E-state index is 0.266. The molecule has 0 heterocycles. The highest BCUT2D eigenvalue weighted by atomic mass is 19.1. The Morgan fingerprint density at radius 3 is 2.79 bits per heavy atom. The first-order valence-corrected chi connectivity index (χ1v) is 5.67. The molecule has 0 unspecified atom stereocenters. The van der Waals surface area contributed by atoms with E-state index in [9.17, 15) is 14.0 Å². The Bertz CT molecular complexity index is 466. The van der Waals surface area contributed by atoms with Crippen molar-refractivity contribution in [3.63, 3.8) is 0 Å². The molecule has 104 valence electrons. The number of primary amides is 1. The van der Waals surface area contributed by atoms with Gasteiger partial charge in [0, 0.05) is 25.9 Å². The van der Waals surface area contributed by atoms with Crippen LogP contribution in [0.3, 0.4) is 0 Å². The fourth-order valence-corrected chi connectivity index (χ4v) is 1.39. The largest absolute Gasteiger partial charge is 0.385 e. The molecule has 0 bridgehead atoms. The maximum absolute atomic E-state index is 13.2. The molecule has 0 spiro atoms. The van der Waals surface area contributed by atoms with Crippen LogP contribution in [0.4, 0.5) is 14.9 Å². The molecule has 0 aliphatic carbocycles. The highest BCUT2D eigenvalue weighted by Gasteiger charge is 2.10. The van der Waals surface area contributed by atoms with E-state index < -0.39 is 17.8 Å². The molecule has 6 nitrogen and oxygen atoms in total. The minimum Gasteiger partial charge on any atom is -0.385 e. The number of carbonyl (C=O) groups is 2. The van der Waals surface area contributed by atoms with Gasteiger partial charge in [-0.25, -0.2) is 9.18 Å². The van der Waals surface area contributed by atoms with E-state index in [1.807, 2.05) is 0 Å². The van der Waals surface area contributed by atoms with Gasteiger partial charge in [0.2, 0.25) is 0 Å². The number of amides is 3. The third kappa shape index (κ3) is 4.92. The molecule has 19 heavy (non-hydrogen) atoms. The molecule has 0 atom stereocenters. The van der Waals surface area contributed by atoms with Crippen LogP contribution < -0.4 is 16.4 Å². The van der Waals surface area contributed by atoms with E-state index in [4.69, 9.17) is 10.5 Å². The molecular formula is C12H16FN3O3. The van der Waals surface area contributed by atoms with Gasteiger partial charge in [-0.3, -0.25) is 4.79 Å². The molecule has 3 amide bonds. The predicted molar refractivity (Wildman–Crippen MR) is 68.4 cm³/mol. The number of benzene rings is 1. The van der Waals surface area contributed by atoms with Crippen molar-refractivity contribution in [2.45, 2.75) is 6.42 Å². The summed E-state index contributed by atoms with van der Waals surface area (Å²) in [5, 5.41) is 5.07. The Morgan fingerprint density at radius 1 is 1.42 bits per heavy atom. The fraction of sp³-hybridized carbons (Fsp3) is 0.333. The predicted octanol–water partition coefficient (Wildman–Crippen LogP) is 1.08. The number of nitrogens with two attached hydrogens (primary N) is 1. The van der Waals surface area contributed by atoms with E-state index >= 15 is 0 Å². The number of halogens is 1. The minimum atomic E-state index is -0.887. The van der Waals surface area contributed by atoms with Crippen LogP contribution in [-0.2, 0) is 4.74 Å². The Balaban J connectivity index is 2.55. The van der Waals surface area contributed by atoms with E-state index in [0.29, 0.717) is 25.3 Å². The van der Waals surface area contributed by atoms with Crippen LogP contribution in [0.2, 0.25) is 0 Å². The van der Waals surface area contributed by atoms with Gasteiger partial charge in [-0.1, -0.05) is 0 Å². The zero-order valence-electron chi connectivity index (χ0n) is 10.5. The van der Waals surface area contributed by atoms with Gasteiger partial charge in [-0.15, -0.1) is 0 Å². The fourth-order valence-electron chi connectivity index (χ4n) is 1.39. The van der Waals surface area contributed by atoms with E-state index in [2.05, 4.69) is 10.6 Å². The van der Waals surface area contributed by atoms with Crippen LogP contribution in [0, 0.1) is 5.82 Å². The van der Waals surface area contributed by atoms with Gasteiger partial charge >= 0.3 is 6.03 Å². The topological polar surface area (TPSA) is 93.4 Å². The Kier molecular flexibility index (Phi) is 5.74. The summed E-state index contributed by atoms with van der Waals surface area (Å²) >= 11 is 0. The van der Waals surface area contributed by atoms with Gasteiger partial charge in [-0.05, 0) is 24.6 Å². The number of ether oxygens (including phenoxy) is 1. The van der Waals surface area contributed by atoms with E-state index in [0.717, 1.165) is 6.07 Å². The molecule has 1 rings (SSSR count). The Hall–Kier alpha value is -2.15. The molecule has 0 aromatic heterocycles. The van der Waals surface area contributed by atoms with Crippen LogP contribution in [-0.4, -0.2) is 32.2 Å². The molecule has 0 saturated heterocycles. The number of hydrogen-bond acceptors (Lipinski definition) is 3. The second-order valence-electron chi connectivity index (χ2n) is 3.79. The van der Waals surface area contributed by atoms with E-state index in [1.54, 1.807) is 7.11 Å². The van der Waals surface area contributed by atoms with Gasteiger partial charge in [0.25, 0.3) is 5.91 Å². The van der Waals surface area contributed by atoms with Crippen LogP contribution in [0.1, 0.15) is 16.8 Å². The maximum atomic E-state index is 13.2. The Labute approximate surface area is 110 Å². The molecular weight excluding hydrogens is 253 g/mol. The summed E-state index contributed by atoms with van der Waals surface area (Å²) in [5.41, 5.74) is 5.03. The Morgan fingerprint density at radius 2 is 2.16 bits per heavy atom. The molecule has 7 heteroatoms. The SMILES string of the molecule is COCCCNC(=O)Nc1ccc(F)c(C(N)=O)c1. The second kappa shape index (κ2) is 7.32. The van der Waals surface area contributed by atoms with Crippen molar-refractivity contribution in [3.05, 3.63) is 29.6 Å². The van der Waals surface area contributed by atoms with Crippen LogP contribution in [0.25, 0.3) is 0 Å². The summed E-state index contributed by atoms with van der Waals surface area (Å²) in [7, 11) is 1.57. The van der Waals surface area contributed by atoms with Gasteiger partial charge in [0.1, 0.15) is 5.82 Å². The number of urea groups is 1. The number of methoxy groups -OCH3 is 1. The second-order valence-corrected chi connectivity index (χ2v) is 3.79. The van der Waals surface area contributed by atoms with Crippen molar-refractivity contribution in [1.29, 1.82) is 0 Å². The lowest BCUT2D eigenvalue weighted by atomic mass is 10.2. The molecule has 0 fully saturated rings. The van der Waals surface area contributed by atoms with Gasteiger partial charge in [0.05, 0.1) is 5.56 Å². The molecule has 1 aromatic carbocycles. The summed E-state index contributed by atoms with van der Waals surface area (Å²) in [6, 6.07) is 3.15. The van der Waals surface area contributed by atoms with E-state index in [-0.39, 0.29) is 5.56 Å². The molecule has 0 aliphatic heterocycles. The average Bonchev–Trinajstić information content (AvgIpc) is 2.36. The zero-order valence-corrected chi connectivity index (χ0v) is 10.5. The van der Waals surface area contributed by atoms with Crippen molar-refractivity contribution < 1.29 is 18.7 Å².